The molecular weight excluding hydrogens is 200 g/mol. The molecule has 0 radical (unpaired) electrons. The van der Waals surface area contributed by atoms with E-state index in [1.807, 2.05) is 37.3 Å². The van der Waals surface area contributed by atoms with Gasteiger partial charge in [-0.25, -0.2) is 9.97 Å². The Bertz CT molecular complexity index is 461. The number of hydrogen-bond acceptors (Lipinski definition) is 4. The summed E-state index contributed by atoms with van der Waals surface area (Å²) in [6.45, 7) is 2.03. The molecule has 0 aliphatic rings. The van der Waals surface area contributed by atoms with Gasteiger partial charge in [0.15, 0.2) is 0 Å². The van der Waals surface area contributed by atoms with Crippen LogP contribution in [-0.4, -0.2) is 9.97 Å². The summed E-state index contributed by atoms with van der Waals surface area (Å²) < 4.78 is 0. The summed E-state index contributed by atoms with van der Waals surface area (Å²) in [7, 11) is 0. The van der Waals surface area contributed by atoms with Gasteiger partial charge in [0.25, 0.3) is 0 Å². The number of aromatic nitrogens is 2. The van der Waals surface area contributed by atoms with Crippen LogP contribution in [0.3, 0.4) is 0 Å². The van der Waals surface area contributed by atoms with Gasteiger partial charge in [-0.1, -0.05) is 37.3 Å². The Kier molecular flexibility index (Phi) is 2.72. The molecule has 2 aromatic rings. The molecule has 1 heterocycles. The molecule has 1 aromatic carbocycles. The Hall–Kier alpha value is -2.10. The Morgan fingerprint density at radius 2 is 1.56 bits per heavy atom. The molecule has 16 heavy (non-hydrogen) atoms. The van der Waals surface area contributed by atoms with Crippen molar-refractivity contribution in [3.8, 4) is 0 Å². The van der Waals surface area contributed by atoms with Gasteiger partial charge in [0.1, 0.15) is 17.5 Å². The van der Waals surface area contributed by atoms with Crippen LogP contribution in [0.5, 0.6) is 0 Å². The molecule has 1 atom stereocenters. The highest BCUT2D eigenvalue weighted by molar-refractivity contribution is 5.42. The first kappa shape index (κ1) is 10.4. The van der Waals surface area contributed by atoms with E-state index in [2.05, 4.69) is 9.97 Å². The predicted molar refractivity (Wildman–Crippen MR) is 64.8 cm³/mol. The minimum atomic E-state index is 0.0898. The maximum Gasteiger partial charge on any atom is 0.140 e. The Morgan fingerprint density at radius 3 is 2.12 bits per heavy atom. The van der Waals surface area contributed by atoms with Crippen molar-refractivity contribution >= 4 is 11.6 Å². The van der Waals surface area contributed by atoms with Gasteiger partial charge in [-0.15, -0.1) is 0 Å². The Labute approximate surface area is 94.3 Å². The zero-order valence-electron chi connectivity index (χ0n) is 9.09. The molecule has 0 bridgehead atoms. The van der Waals surface area contributed by atoms with Crippen LogP contribution < -0.4 is 11.5 Å². The van der Waals surface area contributed by atoms with Gasteiger partial charge < -0.3 is 11.5 Å². The van der Waals surface area contributed by atoms with Gasteiger partial charge >= 0.3 is 0 Å². The van der Waals surface area contributed by atoms with E-state index in [9.17, 15) is 0 Å². The van der Waals surface area contributed by atoms with E-state index in [0.29, 0.717) is 17.5 Å². The monoisotopic (exact) mass is 214 g/mol. The molecule has 0 aliphatic heterocycles. The van der Waals surface area contributed by atoms with Crippen LogP contribution in [-0.2, 0) is 0 Å². The molecule has 2 rings (SSSR count). The number of nitrogens with zero attached hydrogens (tertiary/aromatic N) is 2. The average molecular weight is 214 g/mol. The molecule has 4 nitrogen and oxygen atoms in total. The molecule has 1 aromatic heterocycles. The SMILES string of the molecule is CC(c1ccccc1)c1nc(N)cc(N)n1. The second-order valence-corrected chi connectivity index (χ2v) is 3.71. The van der Waals surface area contributed by atoms with Gasteiger partial charge in [-0.05, 0) is 5.56 Å². The van der Waals surface area contributed by atoms with Crippen molar-refractivity contribution in [1.29, 1.82) is 0 Å². The van der Waals surface area contributed by atoms with Gasteiger partial charge in [-0.3, -0.25) is 0 Å². The third-order valence-electron chi connectivity index (χ3n) is 2.47. The van der Waals surface area contributed by atoms with Crippen molar-refractivity contribution in [3.63, 3.8) is 0 Å². The summed E-state index contributed by atoms with van der Waals surface area (Å²) >= 11 is 0. The minimum absolute atomic E-state index is 0.0898. The van der Waals surface area contributed by atoms with E-state index in [1.54, 1.807) is 6.07 Å². The zero-order valence-corrected chi connectivity index (χ0v) is 9.09. The minimum Gasteiger partial charge on any atom is -0.384 e. The fourth-order valence-corrected chi connectivity index (χ4v) is 1.59. The van der Waals surface area contributed by atoms with Crippen molar-refractivity contribution in [3.05, 3.63) is 47.8 Å². The van der Waals surface area contributed by atoms with E-state index in [1.165, 1.54) is 0 Å². The molecule has 82 valence electrons. The molecule has 0 saturated heterocycles. The fourth-order valence-electron chi connectivity index (χ4n) is 1.59. The molecule has 0 saturated carbocycles. The van der Waals surface area contributed by atoms with Crippen LogP contribution >= 0.6 is 0 Å². The molecule has 0 aliphatic carbocycles. The lowest BCUT2D eigenvalue weighted by molar-refractivity contribution is 0.822. The van der Waals surface area contributed by atoms with Crippen LogP contribution in [0.15, 0.2) is 36.4 Å². The van der Waals surface area contributed by atoms with E-state index >= 15 is 0 Å². The second kappa shape index (κ2) is 4.18. The largest absolute Gasteiger partial charge is 0.384 e. The summed E-state index contributed by atoms with van der Waals surface area (Å²) in [5.41, 5.74) is 12.4. The standard InChI is InChI=1S/C12H14N4/c1-8(9-5-3-2-4-6-9)12-15-10(13)7-11(14)16-12/h2-8H,1H3,(H4,13,14,15,16). The number of rotatable bonds is 2. The molecule has 4 N–H and O–H groups in total. The molecule has 4 heteroatoms. The highest BCUT2D eigenvalue weighted by Crippen LogP contribution is 2.22. The second-order valence-electron chi connectivity index (χ2n) is 3.71. The molecule has 0 fully saturated rings. The van der Waals surface area contributed by atoms with Crippen molar-refractivity contribution < 1.29 is 0 Å². The smallest absolute Gasteiger partial charge is 0.140 e. The van der Waals surface area contributed by atoms with E-state index in [4.69, 9.17) is 11.5 Å². The van der Waals surface area contributed by atoms with Crippen molar-refractivity contribution in [2.75, 3.05) is 11.5 Å². The Morgan fingerprint density at radius 1 is 1.00 bits per heavy atom. The topological polar surface area (TPSA) is 77.8 Å². The third kappa shape index (κ3) is 2.11. The van der Waals surface area contributed by atoms with Gasteiger partial charge in [0, 0.05) is 12.0 Å². The van der Waals surface area contributed by atoms with E-state index in [-0.39, 0.29) is 5.92 Å². The Balaban J connectivity index is 2.37. The molecule has 1 unspecified atom stereocenters. The highest BCUT2D eigenvalue weighted by Gasteiger charge is 2.12. The zero-order chi connectivity index (χ0) is 11.5. The summed E-state index contributed by atoms with van der Waals surface area (Å²) in [6, 6.07) is 11.6. The van der Waals surface area contributed by atoms with Crippen LogP contribution in [0.2, 0.25) is 0 Å². The van der Waals surface area contributed by atoms with Crippen LogP contribution in [0, 0.1) is 0 Å². The first-order valence-corrected chi connectivity index (χ1v) is 5.11. The summed E-state index contributed by atoms with van der Waals surface area (Å²) in [6.07, 6.45) is 0. The number of anilines is 2. The lowest BCUT2D eigenvalue weighted by atomic mass is 10.0. The van der Waals surface area contributed by atoms with Gasteiger partial charge in [-0.2, -0.15) is 0 Å². The lowest BCUT2D eigenvalue weighted by Crippen LogP contribution is -2.07. The highest BCUT2D eigenvalue weighted by atomic mass is 15.0. The van der Waals surface area contributed by atoms with Crippen molar-refractivity contribution in [2.45, 2.75) is 12.8 Å². The van der Waals surface area contributed by atoms with Crippen LogP contribution in [0.1, 0.15) is 24.2 Å². The quantitative estimate of drug-likeness (QED) is 0.799. The first-order chi connectivity index (χ1) is 7.66. The number of benzene rings is 1. The van der Waals surface area contributed by atoms with E-state index < -0.39 is 0 Å². The maximum atomic E-state index is 5.64. The predicted octanol–water partition coefficient (Wildman–Crippen LogP) is 1.79. The summed E-state index contributed by atoms with van der Waals surface area (Å²) in [5.74, 6) is 1.56. The lowest BCUT2D eigenvalue weighted by Gasteiger charge is -2.11. The van der Waals surface area contributed by atoms with E-state index in [0.717, 1.165) is 5.56 Å². The summed E-state index contributed by atoms with van der Waals surface area (Å²) in [5, 5.41) is 0. The average Bonchev–Trinajstić information content (AvgIpc) is 2.28. The van der Waals surface area contributed by atoms with Crippen LogP contribution in [0.25, 0.3) is 0 Å². The van der Waals surface area contributed by atoms with Crippen LogP contribution in [0.4, 0.5) is 11.6 Å². The first-order valence-electron chi connectivity index (χ1n) is 5.11. The van der Waals surface area contributed by atoms with Gasteiger partial charge in [0.05, 0.1) is 0 Å². The van der Waals surface area contributed by atoms with Gasteiger partial charge in [0.2, 0.25) is 0 Å². The van der Waals surface area contributed by atoms with Crippen molar-refractivity contribution in [1.82, 2.24) is 9.97 Å². The third-order valence-corrected chi connectivity index (χ3v) is 2.47. The number of hydrogen-bond donors (Lipinski definition) is 2. The molecule has 0 amide bonds. The van der Waals surface area contributed by atoms with Crippen molar-refractivity contribution in [2.24, 2.45) is 0 Å². The fraction of sp³-hybridized carbons (Fsp3) is 0.167. The summed E-state index contributed by atoms with van der Waals surface area (Å²) in [4.78, 5) is 8.39. The normalized spacial score (nSPS) is 12.3. The molecular formula is C12H14N4. The maximum absolute atomic E-state index is 5.64. The number of nitrogen functional groups attached to an aromatic ring is 2. The molecule has 0 spiro atoms. The number of nitrogens with two attached hydrogens (primary N) is 2.